The van der Waals surface area contributed by atoms with Crippen molar-refractivity contribution in [2.45, 2.75) is 141 Å². The maximum atomic E-state index is 13.9. The fourth-order valence-corrected chi connectivity index (χ4v) is 7.26. The van der Waals surface area contributed by atoms with Crippen molar-refractivity contribution in [3.05, 3.63) is 35.9 Å². The first kappa shape index (κ1) is 47.8. The second kappa shape index (κ2) is 16.6. The van der Waals surface area contributed by atoms with Crippen LogP contribution >= 0.6 is 0 Å². The highest BCUT2D eigenvalue weighted by atomic mass is 19.4. The molecule has 10 nitrogen and oxygen atoms in total. The summed E-state index contributed by atoms with van der Waals surface area (Å²) in [4.78, 5) is 53.5. The van der Waals surface area contributed by atoms with Crippen molar-refractivity contribution in [3.8, 4) is 0 Å². The summed E-state index contributed by atoms with van der Waals surface area (Å²) in [7, 11) is 0. The van der Waals surface area contributed by atoms with E-state index in [0.29, 0.717) is 5.56 Å². The normalized spacial score (nSPS) is 24.1. The largest absolute Gasteiger partial charge is 0.463 e. The molecule has 1 saturated carbocycles. The highest BCUT2D eigenvalue weighted by Gasteiger charge is 2.75. The first-order valence-electron chi connectivity index (χ1n) is 18.3. The van der Waals surface area contributed by atoms with Gasteiger partial charge in [-0.3, -0.25) is 14.4 Å². The van der Waals surface area contributed by atoms with Gasteiger partial charge in [-0.05, 0) is 85.6 Å². The summed E-state index contributed by atoms with van der Waals surface area (Å²) in [6.45, 7) is 8.77. The number of carbonyl (C=O) groups is 4. The quantitative estimate of drug-likeness (QED) is 0.109. The molecule has 1 heterocycles. The van der Waals surface area contributed by atoms with Crippen molar-refractivity contribution in [3.63, 3.8) is 0 Å². The highest BCUT2D eigenvalue weighted by Crippen LogP contribution is 2.55. The molecule has 0 bridgehead atoms. The molecular weight excluding hydrogens is 787 g/mol. The van der Waals surface area contributed by atoms with Crippen LogP contribution in [0.25, 0.3) is 0 Å². The van der Waals surface area contributed by atoms with Gasteiger partial charge in [-0.1, -0.05) is 37.3 Å². The Balaban J connectivity index is 1.98. The average molecular weight is 837 g/mol. The zero-order valence-corrected chi connectivity index (χ0v) is 32.5. The Morgan fingerprint density at radius 2 is 1.32 bits per heavy atom. The number of alkyl halides is 9. The van der Waals surface area contributed by atoms with Crippen molar-refractivity contribution in [1.29, 1.82) is 0 Å². The number of benzene rings is 1. The second-order valence-electron chi connectivity index (χ2n) is 16.6. The van der Waals surface area contributed by atoms with Crippen LogP contribution in [-0.4, -0.2) is 82.6 Å². The summed E-state index contributed by atoms with van der Waals surface area (Å²) in [5.41, 5.74) is -13.4. The highest BCUT2D eigenvalue weighted by molar-refractivity contribution is 5.84. The molecule has 1 aromatic carbocycles. The molecule has 1 aliphatic heterocycles. The molecule has 1 aliphatic carbocycles. The molecule has 2 aliphatic rings. The molecule has 0 aromatic heterocycles. The van der Waals surface area contributed by atoms with Crippen LogP contribution in [-0.2, 0) is 43.7 Å². The summed E-state index contributed by atoms with van der Waals surface area (Å²) in [6, 6.07) is 8.65. The van der Waals surface area contributed by atoms with Crippen LogP contribution in [0, 0.1) is 28.6 Å². The molecule has 57 heavy (non-hydrogen) atoms. The predicted octanol–water partition coefficient (Wildman–Crippen LogP) is 7.66. The van der Waals surface area contributed by atoms with Gasteiger partial charge in [-0.15, -0.1) is 0 Å². The van der Waals surface area contributed by atoms with E-state index in [1.807, 2.05) is 0 Å². The lowest BCUT2D eigenvalue weighted by atomic mass is 9.66. The topological polar surface area (TPSA) is 146 Å². The van der Waals surface area contributed by atoms with Crippen molar-refractivity contribution in [2.24, 2.45) is 28.6 Å². The summed E-state index contributed by atoms with van der Waals surface area (Å²) in [5, 5.41) is 20.5. The van der Waals surface area contributed by atoms with Gasteiger partial charge in [0.05, 0.1) is 23.4 Å². The number of rotatable bonds is 14. The van der Waals surface area contributed by atoms with Crippen LogP contribution in [0.3, 0.4) is 0 Å². The third-order valence-corrected chi connectivity index (χ3v) is 11.3. The van der Waals surface area contributed by atoms with E-state index in [0.717, 1.165) is 0 Å². The first-order valence-corrected chi connectivity index (χ1v) is 18.3. The number of esters is 4. The molecule has 0 amide bonds. The third kappa shape index (κ3) is 10.3. The molecule has 2 N–H and O–H groups in total. The van der Waals surface area contributed by atoms with Crippen molar-refractivity contribution >= 4 is 23.9 Å². The van der Waals surface area contributed by atoms with E-state index in [2.05, 4.69) is 0 Å². The molecule has 3 rings (SSSR count). The van der Waals surface area contributed by atoms with Crippen LogP contribution in [0.4, 0.5) is 39.5 Å². The zero-order chi connectivity index (χ0) is 43.8. The Kier molecular flexibility index (Phi) is 13.9. The summed E-state index contributed by atoms with van der Waals surface area (Å²) < 4.78 is 147. The van der Waals surface area contributed by atoms with Gasteiger partial charge in [-0.2, -0.15) is 39.5 Å². The molecule has 1 saturated heterocycles. The fourth-order valence-electron chi connectivity index (χ4n) is 7.26. The van der Waals surface area contributed by atoms with Crippen LogP contribution in [0.1, 0.15) is 99.0 Å². The zero-order valence-electron chi connectivity index (χ0n) is 32.5. The SMILES string of the molecule is CCC(C)(CC(CC(C)(C)C(=O)OC1CC(C(C)(O)C(F)(F)F)CC(C(O)(C(F)(F)F)C(F)(F)F)C1)C(=O)OC1CCOC1=O)C(=O)OC(C)(C)c1ccccc1. The number of ether oxygens (including phenoxy) is 4. The van der Waals surface area contributed by atoms with Gasteiger partial charge < -0.3 is 29.2 Å². The van der Waals surface area contributed by atoms with Crippen molar-refractivity contribution < 1.29 is 87.9 Å². The minimum Gasteiger partial charge on any atom is -0.463 e. The smallest absolute Gasteiger partial charge is 0.426 e. The monoisotopic (exact) mass is 836 g/mol. The molecule has 7 unspecified atom stereocenters. The minimum atomic E-state index is -6.45. The van der Waals surface area contributed by atoms with Crippen LogP contribution < -0.4 is 0 Å². The van der Waals surface area contributed by atoms with Crippen LogP contribution in [0.5, 0.6) is 0 Å². The van der Waals surface area contributed by atoms with Crippen molar-refractivity contribution in [2.75, 3.05) is 6.61 Å². The Morgan fingerprint density at radius 1 is 0.772 bits per heavy atom. The van der Waals surface area contributed by atoms with E-state index < -0.39 is 126 Å². The predicted molar refractivity (Wildman–Crippen MR) is 180 cm³/mol. The van der Waals surface area contributed by atoms with Gasteiger partial charge in [0.1, 0.15) is 11.7 Å². The van der Waals surface area contributed by atoms with Gasteiger partial charge in [0.2, 0.25) is 6.10 Å². The fraction of sp³-hybridized carbons (Fsp3) is 0.737. The molecule has 0 spiro atoms. The van der Waals surface area contributed by atoms with E-state index in [1.54, 1.807) is 51.1 Å². The number of hydrogen-bond donors (Lipinski definition) is 2. The Bertz CT molecular complexity index is 1590. The molecular formula is C38H49F9O10. The first-order chi connectivity index (χ1) is 25.7. The molecule has 19 heteroatoms. The summed E-state index contributed by atoms with van der Waals surface area (Å²) >= 11 is 0. The van der Waals surface area contributed by atoms with Gasteiger partial charge in [-0.25, -0.2) is 4.79 Å². The van der Waals surface area contributed by atoms with Crippen LogP contribution in [0.2, 0.25) is 0 Å². The average Bonchev–Trinajstić information content (AvgIpc) is 3.49. The number of carbonyl (C=O) groups excluding carboxylic acids is 4. The lowest BCUT2D eigenvalue weighted by Crippen LogP contribution is -2.64. The van der Waals surface area contributed by atoms with Gasteiger partial charge in [0.15, 0.2) is 5.60 Å². The summed E-state index contributed by atoms with van der Waals surface area (Å²) in [6.07, 6.45) is -26.9. The standard InChI is InChI=1S/C38H49F9O10/c1-8-33(6,30(51)57-32(4,5)22-12-10-9-11-13-22)20-21(27(48)56-26-14-15-54-28(26)49)19-31(2,3)29(50)55-25-17-23(34(7,52)36(39,40)41)16-24(18-25)35(53,37(42,43)44)38(45,46)47/h9-13,21,23-26,52-53H,8,14-20H2,1-7H3. The van der Waals surface area contributed by atoms with Gasteiger partial charge >= 0.3 is 42.4 Å². The number of cyclic esters (lactones) is 1. The van der Waals surface area contributed by atoms with E-state index in [9.17, 15) is 68.9 Å². The molecule has 324 valence electrons. The Labute approximate surface area is 323 Å². The van der Waals surface area contributed by atoms with E-state index >= 15 is 0 Å². The maximum absolute atomic E-state index is 13.9. The number of halogens is 9. The molecule has 0 radical (unpaired) electrons. The Hall–Kier alpha value is -3.61. The maximum Gasteiger partial charge on any atom is 0.426 e. The lowest BCUT2D eigenvalue weighted by Gasteiger charge is -2.47. The van der Waals surface area contributed by atoms with E-state index in [-0.39, 0.29) is 32.8 Å². The summed E-state index contributed by atoms with van der Waals surface area (Å²) in [5.74, 6) is -11.0. The van der Waals surface area contributed by atoms with Crippen molar-refractivity contribution in [1.82, 2.24) is 0 Å². The second-order valence-corrected chi connectivity index (χ2v) is 16.6. The lowest BCUT2D eigenvalue weighted by molar-refractivity contribution is -0.391. The molecule has 1 aromatic rings. The van der Waals surface area contributed by atoms with Gasteiger partial charge in [0, 0.05) is 18.3 Å². The van der Waals surface area contributed by atoms with Gasteiger partial charge in [0.25, 0.3) is 5.60 Å². The Morgan fingerprint density at radius 3 is 1.79 bits per heavy atom. The number of hydrogen-bond acceptors (Lipinski definition) is 10. The number of aliphatic hydroxyl groups is 2. The van der Waals surface area contributed by atoms with E-state index in [4.69, 9.17) is 18.9 Å². The molecule has 2 fully saturated rings. The van der Waals surface area contributed by atoms with Crippen LogP contribution in [0.15, 0.2) is 30.3 Å². The third-order valence-electron chi connectivity index (χ3n) is 11.3. The minimum absolute atomic E-state index is 0.0189. The van der Waals surface area contributed by atoms with E-state index in [1.165, 1.54) is 20.8 Å². The molecule has 7 atom stereocenters.